The van der Waals surface area contributed by atoms with Crippen molar-refractivity contribution in [1.29, 1.82) is 0 Å². The fraction of sp³-hybridized carbons (Fsp3) is 0.286. The minimum Gasteiger partial charge on any atom is -0.481 e. The van der Waals surface area contributed by atoms with Gasteiger partial charge in [-0.25, -0.2) is 0 Å². The van der Waals surface area contributed by atoms with Crippen LogP contribution >= 0.6 is 0 Å². The molecule has 0 unspecified atom stereocenters. The maximum atomic E-state index is 9.75. The zero-order chi connectivity index (χ0) is 10.9. The van der Waals surface area contributed by atoms with Gasteiger partial charge in [-0.3, -0.25) is 14.4 Å². The number of carboxylic acids is 2. The smallest absolute Gasteiger partial charge is 0.314 e. The summed E-state index contributed by atoms with van der Waals surface area (Å²) in [6.07, 6.45) is 0.294. The molecule has 0 aliphatic heterocycles. The standard InChI is InChI=1S/C4H6O2.C3H4O4/c1-3-6-4(2)5;4-2(5)1-3(6)7/h3H,1H2,2H3;1H2,(H,4,5)(H,6,7). The number of carbonyl (C=O) groups is 3. The lowest BCUT2D eigenvalue weighted by Crippen LogP contribution is -2.03. The molecule has 6 nitrogen and oxygen atoms in total. The average Bonchev–Trinajstić information content (AvgIpc) is 1.83. The fourth-order valence-electron chi connectivity index (χ4n) is 0.247. The predicted molar refractivity (Wildman–Crippen MR) is 41.9 cm³/mol. The van der Waals surface area contributed by atoms with Crippen LogP contribution in [0, 0.1) is 0 Å². The Morgan fingerprint density at radius 1 is 1.31 bits per heavy atom. The number of carboxylic acid groups (broad SMARTS) is 2. The Labute approximate surface area is 74.4 Å². The van der Waals surface area contributed by atoms with Crippen LogP contribution in [-0.2, 0) is 19.1 Å². The van der Waals surface area contributed by atoms with Crippen LogP contribution in [0.4, 0.5) is 0 Å². The van der Waals surface area contributed by atoms with Crippen LogP contribution in [0.25, 0.3) is 0 Å². The molecule has 2 N–H and O–H groups in total. The SMILES string of the molecule is C=COC(C)=O.O=C(O)CC(=O)O. The summed E-state index contributed by atoms with van der Waals surface area (Å²) < 4.78 is 4.17. The van der Waals surface area contributed by atoms with Gasteiger partial charge in [0.1, 0.15) is 6.42 Å². The fourth-order valence-corrected chi connectivity index (χ4v) is 0.247. The number of ether oxygens (including phenoxy) is 1. The second kappa shape index (κ2) is 8.25. The summed E-state index contributed by atoms with van der Waals surface area (Å²) >= 11 is 0. The highest BCUT2D eigenvalue weighted by Crippen LogP contribution is 1.74. The number of carbonyl (C=O) groups excluding carboxylic acids is 1. The summed E-state index contributed by atoms with van der Waals surface area (Å²) in [5.74, 6) is -2.95. The molecule has 0 radical (unpaired) electrons. The maximum Gasteiger partial charge on any atom is 0.314 e. The lowest BCUT2D eigenvalue weighted by molar-refractivity contribution is -0.147. The predicted octanol–water partition coefficient (Wildman–Crippen LogP) is 0.239. The van der Waals surface area contributed by atoms with Crippen molar-refractivity contribution in [3.8, 4) is 0 Å². The summed E-state index contributed by atoms with van der Waals surface area (Å²) in [5.41, 5.74) is 0. The number of aliphatic carboxylic acids is 2. The van der Waals surface area contributed by atoms with Gasteiger partial charge in [0.15, 0.2) is 0 Å². The first-order chi connectivity index (χ1) is 5.90. The molecule has 0 aliphatic carbocycles. The molecule has 0 spiro atoms. The Bertz CT molecular complexity index is 195. The van der Waals surface area contributed by atoms with E-state index in [0.29, 0.717) is 0 Å². The van der Waals surface area contributed by atoms with Crippen LogP contribution in [0.15, 0.2) is 12.8 Å². The highest BCUT2D eigenvalue weighted by atomic mass is 16.5. The second-order valence-corrected chi connectivity index (χ2v) is 1.74. The first kappa shape index (κ1) is 13.7. The third-order valence-electron chi connectivity index (χ3n) is 0.552. The van der Waals surface area contributed by atoms with Crippen molar-refractivity contribution in [2.24, 2.45) is 0 Å². The average molecular weight is 190 g/mol. The van der Waals surface area contributed by atoms with Gasteiger partial charge in [-0.2, -0.15) is 0 Å². The largest absolute Gasteiger partial charge is 0.481 e. The van der Waals surface area contributed by atoms with E-state index in [2.05, 4.69) is 11.3 Å². The molecular weight excluding hydrogens is 180 g/mol. The summed E-state index contributed by atoms with van der Waals surface area (Å²) in [6.45, 7) is 4.48. The van der Waals surface area contributed by atoms with Crippen molar-refractivity contribution in [3.63, 3.8) is 0 Å². The molecule has 6 heteroatoms. The van der Waals surface area contributed by atoms with Gasteiger partial charge in [-0.05, 0) is 0 Å². The van der Waals surface area contributed by atoms with Crippen molar-refractivity contribution in [3.05, 3.63) is 12.8 Å². The molecule has 74 valence electrons. The topological polar surface area (TPSA) is 101 Å². The molecule has 0 saturated heterocycles. The van der Waals surface area contributed by atoms with Crippen molar-refractivity contribution < 1.29 is 29.3 Å². The Kier molecular flexibility index (Phi) is 8.71. The van der Waals surface area contributed by atoms with E-state index in [-0.39, 0.29) is 5.97 Å². The summed E-state index contributed by atoms with van der Waals surface area (Å²) in [4.78, 5) is 28.6. The van der Waals surface area contributed by atoms with Crippen molar-refractivity contribution >= 4 is 17.9 Å². The van der Waals surface area contributed by atoms with Crippen LogP contribution in [0.5, 0.6) is 0 Å². The number of rotatable bonds is 3. The van der Waals surface area contributed by atoms with Gasteiger partial charge in [-0.1, -0.05) is 6.58 Å². The third kappa shape index (κ3) is 25.4. The molecule has 0 aromatic heterocycles. The van der Waals surface area contributed by atoms with E-state index in [1.165, 1.54) is 6.92 Å². The van der Waals surface area contributed by atoms with Crippen LogP contribution in [-0.4, -0.2) is 28.1 Å². The van der Waals surface area contributed by atoms with E-state index in [1.807, 2.05) is 0 Å². The molecule has 0 bridgehead atoms. The Morgan fingerprint density at radius 3 is 1.69 bits per heavy atom. The van der Waals surface area contributed by atoms with Gasteiger partial charge < -0.3 is 14.9 Å². The minimum absolute atomic E-state index is 0.329. The lowest BCUT2D eigenvalue weighted by Gasteiger charge is -1.83. The van der Waals surface area contributed by atoms with E-state index in [4.69, 9.17) is 10.2 Å². The van der Waals surface area contributed by atoms with Gasteiger partial charge >= 0.3 is 17.9 Å². The molecule has 0 rings (SSSR count). The third-order valence-corrected chi connectivity index (χ3v) is 0.552. The summed E-state index contributed by atoms with van der Waals surface area (Å²) in [6, 6.07) is 0. The van der Waals surface area contributed by atoms with Gasteiger partial charge in [0.05, 0.1) is 6.26 Å². The highest BCUT2D eigenvalue weighted by molar-refractivity contribution is 5.88. The highest BCUT2D eigenvalue weighted by Gasteiger charge is 2.01. The molecule has 0 fully saturated rings. The van der Waals surface area contributed by atoms with Gasteiger partial charge in [0.25, 0.3) is 0 Å². The Hall–Kier alpha value is -1.85. The van der Waals surface area contributed by atoms with Crippen LogP contribution in [0.2, 0.25) is 0 Å². The second-order valence-electron chi connectivity index (χ2n) is 1.74. The van der Waals surface area contributed by atoms with Crippen molar-refractivity contribution in [1.82, 2.24) is 0 Å². The minimum atomic E-state index is -1.31. The molecule has 0 aromatic carbocycles. The first-order valence-electron chi connectivity index (χ1n) is 3.11. The number of esters is 1. The Balaban J connectivity index is 0. The molecular formula is C7H10O6. The zero-order valence-corrected chi connectivity index (χ0v) is 7.02. The maximum absolute atomic E-state index is 9.75. The molecule has 0 heterocycles. The molecule has 0 amide bonds. The van der Waals surface area contributed by atoms with E-state index in [1.54, 1.807) is 0 Å². The van der Waals surface area contributed by atoms with Crippen LogP contribution in [0.1, 0.15) is 13.3 Å². The number of hydrogen-bond acceptors (Lipinski definition) is 4. The van der Waals surface area contributed by atoms with Crippen LogP contribution in [0.3, 0.4) is 0 Å². The van der Waals surface area contributed by atoms with E-state index < -0.39 is 18.4 Å². The lowest BCUT2D eigenvalue weighted by atomic mass is 10.5. The van der Waals surface area contributed by atoms with E-state index in [9.17, 15) is 14.4 Å². The van der Waals surface area contributed by atoms with Gasteiger partial charge in [0.2, 0.25) is 0 Å². The first-order valence-corrected chi connectivity index (χ1v) is 3.11. The van der Waals surface area contributed by atoms with Crippen LogP contribution < -0.4 is 0 Å². The van der Waals surface area contributed by atoms with E-state index in [0.717, 1.165) is 6.26 Å². The quantitative estimate of drug-likeness (QED) is 0.375. The molecule has 0 aliphatic rings. The van der Waals surface area contributed by atoms with E-state index >= 15 is 0 Å². The molecule has 0 atom stereocenters. The monoisotopic (exact) mass is 190 g/mol. The van der Waals surface area contributed by atoms with Crippen molar-refractivity contribution in [2.75, 3.05) is 0 Å². The molecule has 0 aromatic rings. The zero-order valence-electron chi connectivity index (χ0n) is 7.02. The molecule has 13 heavy (non-hydrogen) atoms. The van der Waals surface area contributed by atoms with Gasteiger partial charge in [-0.15, -0.1) is 0 Å². The number of hydrogen-bond donors (Lipinski definition) is 2. The normalized spacial score (nSPS) is 7.46. The summed E-state index contributed by atoms with van der Waals surface area (Å²) in [7, 11) is 0. The van der Waals surface area contributed by atoms with Gasteiger partial charge in [0, 0.05) is 6.92 Å². The Morgan fingerprint density at radius 2 is 1.69 bits per heavy atom. The molecule has 0 saturated carbocycles. The van der Waals surface area contributed by atoms with Crippen molar-refractivity contribution in [2.45, 2.75) is 13.3 Å². The summed E-state index contributed by atoms with van der Waals surface area (Å²) in [5, 5.41) is 15.4.